The zero-order valence-corrected chi connectivity index (χ0v) is 36.9. The van der Waals surface area contributed by atoms with Crippen LogP contribution in [-0.2, 0) is 27.9 Å². The number of phosphoric acid groups is 1. The minimum Gasteiger partial charge on any atom is -0.457 e. The molecule has 0 spiro atoms. The second-order valence-corrected chi connectivity index (χ2v) is 15.6. The maximum absolute atomic E-state index is 12.6. The first-order chi connectivity index (χ1) is 27.9. The lowest BCUT2D eigenvalue weighted by Gasteiger charge is -2.20. The zero-order valence-electron chi connectivity index (χ0n) is 36.0. The Labute approximate surface area is 349 Å². The fourth-order valence-electron chi connectivity index (χ4n) is 5.50. The third-order valence-electron chi connectivity index (χ3n) is 8.74. The molecule has 0 aliphatic heterocycles. The molecule has 0 saturated carbocycles. The van der Waals surface area contributed by atoms with Crippen molar-refractivity contribution in [1.82, 2.24) is 0 Å². The van der Waals surface area contributed by atoms with Crippen molar-refractivity contribution in [3.63, 3.8) is 0 Å². The van der Waals surface area contributed by atoms with E-state index in [2.05, 4.69) is 111 Å². The van der Waals surface area contributed by atoms with Gasteiger partial charge in [-0.3, -0.25) is 13.8 Å². The number of nitrogens with two attached hydrogens (primary N) is 1. The molecule has 0 aromatic carbocycles. The van der Waals surface area contributed by atoms with E-state index in [0.29, 0.717) is 13.0 Å². The summed E-state index contributed by atoms with van der Waals surface area (Å²) in [6.07, 6.45) is 58.6. The fourth-order valence-corrected chi connectivity index (χ4v) is 6.26. The van der Waals surface area contributed by atoms with E-state index in [1.807, 2.05) is 0 Å². The van der Waals surface area contributed by atoms with Gasteiger partial charge in [-0.1, -0.05) is 156 Å². The highest BCUT2D eigenvalue weighted by Gasteiger charge is 2.25. The molecule has 0 rings (SSSR count). The largest absolute Gasteiger partial charge is 0.472 e. The van der Waals surface area contributed by atoms with Gasteiger partial charge in [-0.2, -0.15) is 0 Å². The molecule has 326 valence electrons. The van der Waals surface area contributed by atoms with Crippen LogP contribution in [0.1, 0.15) is 162 Å². The Bertz CT molecular complexity index is 1190. The number of unbranched alkanes of at least 4 members (excludes halogenated alkanes) is 12. The lowest BCUT2D eigenvalue weighted by atomic mass is 10.1. The van der Waals surface area contributed by atoms with Crippen LogP contribution in [0.5, 0.6) is 0 Å². The highest BCUT2D eigenvalue weighted by Crippen LogP contribution is 2.43. The number of ether oxygens (including phenoxy) is 2. The number of allylic oxidation sites excluding steroid dienone is 16. The van der Waals surface area contributed by atoms with Gasteiger partial charge in [-0.05, 0) is 96.3 Å². The minimum absolute atomic E-state index is 0.0849. The number of hydrogen-bond acceptors (Lipinski definition) is 7. The summed E-state index contributed by atoms with van der Waals surface area (Å²) in [5, 5.41) is 0. The van der Waals surface area contributed by atoms with Crippen molar-refractivity contribution in [2.24, 2.45) is 5.73 Å². The predicted molar refractivity (Wildman–Crippen MR) is 242 cm³/mol. The molecule has 0 amide bonds. The summed E-state index contributed by atoms with van der Waals surface area (Å²) in [4.78, 5) is 22.5. The SMILES string of the molecule is CC/C=C\C/C=C\C/C=C\C/C=C\C/C=C\C/C=C\CCCCC(=O)OC(COCCCCCCCC/C=C\C/C=C\CCCCCC)COP(=O)(O)OCCN. The van der Waals surface area contributed by atoms with Gasteiger partial charge in [0.15, 0.2) is 0 Å². The van der Waals surface area contributed by atoms with E-state index in [1.54, 1.807) is 0 Å². The first-order valence-electron chi connectivity index (χ1n) is 22.2. The Balaban J connectivity index is 4.17. The molecule has 0 aliphatic carbocycles. The number of carbonyl (C=O) groups is 1. The van der Waals surface area contributed by atoms with Crippen LogP contribution >= 0.6 is 7.82 Å². The van der Waals surface area contributed by atoms with Gasteiger partial charge in [0.25, 0.3) is 0 Å². The first-order valence-corrected chi connectivity index (χ1v) is 23.7. The number of carbonyl (C=O) groups excluding carboxylic acids is 1. The van der Waals surface area contributed by atoms with Crippen LogP contribution in [0, 0.1) is 0 Å². The standard InChI is InChI=1S/C48H82NO7P/c1-3-5-7-9-11-13-15-17-19-21-22-23-24-25-27-29-31-33-35-37-39-41-48(50)56-47(46-55-57(51,52)54-44-42-49)45-53-43-40-38-36-34-32-30-28-26-20-18-16-14-12-10-8-6-4-2/h5,7,11,13-14,16-17,19-20,22-23,25-27,31,33,47H,3-4,6,8-10,12,15,18,21,24,28-30,32,34-46,49H2,1-2H3,(H,51,52)/b7-5-,13-11-,16-14-,19-17-,23-22-,26-20-,27-25-,33-31-. The Hall–Kier alpha value is -2.58. The van der Waals surface area contributed by atoms with E-state index in [0.717, 1.165) is 83.5 Å². The molecule has 57 heavy (non-hydrogen) atoms. The Kier molecular flexibility index (Phi) is 42.5. The molecule has 0 aromatic rings. The Morgan fingerprint density at radius 2 is 0.982 bits per heavy atom. The Morgan fingerprint density at radius 3 is 1.47 bits per heavy atom. The third kappa shape index (κ3) is 44.4. The lowest BCUT2D eigenvalue weighted by Crippen LogP contribution is -2.28. The predicted octanol–water partition coefficient (Wildman–Crippen LogP) is 13.5. The van der Waals surface area contributed by atoms with Crippen LogP contribution in [0.25, 0.3) is 0 Å². The van der Waals surface area contributed by atoms with Gasteiger partial charge in [0.2, 0.25) is 0 Å². The lowest BCUT2D eigenvalue weighted by molar-refractivity contribution is -0.154. The van der Waals surface area contributed by atoms with E-state index >= 15 is 0 Å². The molecule has 2 atom stereocenters. The molecular formula is C48H82NO7P. The van der Waals surface area contributed by atoms with Crippen molar-refractivity contribution in [3.05, 3.63) is 97.2 Å². The van der Waals surface area contributed by atoms with Gasteiger partial charge < -0.3 is 20.1 Å². The highest BCUT2D eigenvalue weighted by molar-refractivity contribution is 7.47. The van der Waals surface area contributed by atoms with Crippen LogP contribution in [0.4, 0.5) is 0 Å². The second kappa shape index (κ2) is 44.5. The van der Waals surface area contributed by atoms with Crippen LogP contribution in [0.15, 0.2) is 97.2 Å². The van der Waals surface area contributed by atoms with Crippen LogP contribution < -0.4 is 5.73 Å². The normalized spacial score (nSPS) is 14.4. The molecule has 2 unspecified atom stereocenters. The zero-order chi connectivity index (χ0) is 41.6. The minimum atomic E-state index is -4.30. The molecule has 0 aliphatic rings. The molecule has 0 bridgehead atoms. The quantitative estimate of drug-likeness (QED) is 0.0271. The maximum atomic E-state index is 12.6. The molecule has 3 N–H and O–H groups in total. The molecule has 0 fully saturated rings. The van der Waals surface area contributed by atoms with Crippen LogP contribution in [0.3, 0.4) is 0 Å². The van der Waals surface area contributed by atoms with E-state index in [4.69, 9.17) is 24.3 Å². The van der Waals surface area contributed by atoms with E-state index in [9.17, 15) is 14.3 Å². The summed E-state index contributed by atoms with van der Waals surface area (Å²) >= 11 is 0. The molecule has 8 nitrogen and oxygen atoms in total. The number of rotatable bonds is 41. The molecule has 0 aromatic heterocycles. The van der Waals surface area contributed by atoms with Crippen LogP contribution in [0.2, 0.25) is 0 Å². The van der Waals surface area contributed by atoms with Crippen molar-refractivity contribution in [2.45, 2.75) is 168 Å². The van der Waals surface area contributed by atoms with Gasteiger partial charge >= 0.3 is 13.8 Å². The fraction of sp³-hybridized carbons (Fsp3) is 0.646. The van der Waals surface area contributed by atoms with Crippen molar-refractivity contribution < 1.29 is 32.8 Å². The van der Waals surface area contributed by atoms with Gasteiger partial charge in [0.05, 0.1) is 19.8 Å². The first kappa shape index (κ1) is 54.4. The highest BCUT2D eigenvalue weighted by atomic mass is 31.2. The molecule has 0 saturated heterocycles. The van der Waals surface area contributed by atoms with Crippen molar-refractivity contribution in [1.29, 1.82) is 0 Å². The second-order valence-electron chi connectivity index (χ2n) is 14.2. The number of esters is 1. The molecule has 0 radical (unpaired) electrons. The molecular weight excluding hydrogens is 734 g/mol. The maximum Gasteiger partial charge on any atom is 0.472 e. The third-order valence-corrected chi connectivity index (χ3v) is 9.72. The van der Waals surface area contributed by atoms with E-state index in [-0.39, 0.29) is 38.8 Å². The smallest absolute Gasteiger partial charge is 0.457 e. The van der Waals surface area contributed by atoms with Gasteiger partial charge in [-0.15, -0.1) is 0 Å². The van der Waals surface area contributed by atoms with Crippen molar-refractivity contribution in [3.8, 4) is 0 Å². The number of phosphoric ester groups is 1. The average molecular weight is 816 g/mol. The topological polar surface area (TPSA) is 117 Å². The summed E-state index contributed by atoms with van der Waals surface area (Å²) in [7, 11) is -4.30. The summed E-state index contributed by atoms with van der Waals surface area (Å²) in [5.74, 6) is -0.380. The van der Waals surface area contributed by atoms with Gasteiger partial charge in [-0.25, -0.2) is 4.57 Å². The van der Waals surface area contributed by atoms with E-state index in [1.165, 1.54) is 51.4 Å². The monoisotopic (exact) mass is 816 g/mol. The summed E-state index contributed by atoms with van der Waals surface area (Å²) in [6.45, 7) is 4.68. The van der Waals surface area contributed by atoms with Crippen molar-refractivity contribution >= 4 is 13.8 Å². The van der Waals surface area contributed by atoms with Gasteiger partial charge in [0, 0.05) is 19.6 Å². The summed E-state index contributed by atoms with van der Waals surface area (Å²) in [6, 6.07) is 0. The Morgan fingerprint density at radius 1 is 0.544 bits per heavy atom. The number of hydrogen-bond donors (Lipinski definition) is 2. The summed E-state index contributed by atoms with van der Waals surface area (Å²) in [5.41, 5.74) is 5.37. The summed E-state index contributed by atoms with van der Waals surface area (Å²) < 4.78 is 33.4. The van der Waals surface area contributed by atoms with Gasteiger partial charge in [0.1, 0.15) is 6.10 Å². The van der Waals surface area contributed by atoms with Crippen LogP contribution in [-0.4, -0.2) is 49.9 Å². The molecule has 9 heteroatoms. The average Bonchev–Trinajstić information content (AvgIpc) is 3.20. The molecule has 0 heterocycles. The van der Waals surface area contributed by atoms with E-state index < -0.39 is 13.9 Å². The van der Waals surface area contributed by atoms with Crippen molar-refractivity contribution in [2.75, 3.05) is 33.0 Å².